The summed E-state index contributed by atoms with van der Waals surface area (Å²) in [5.74, 6) is -0.400. The first kappa shape index (κ1) is 14.4. The van der Waals surface area contributed by atoms with E-state index in [0.29, 0.717) is 11.1 Å². The summed E-state index contributed by atoms with van der Waals surface area (Å²) in [6, 6.07) is 7.11. The second kappa shape index (κ2) is 6.93. The number of aliphatic hydroxyl groups is 1. The van der Waals surface area contributed by atoms with E-state index in [2.05, 4.69) is 6.58 Å². The van der Waals surface area contributed by atoms with Gasteiger partial charge in [-0.2, -0.15) is 0 Å². The minimum atomic E-state index is -1.01. The SMILES string of the molecule is C=C(C)C(O)OCCOC(=O)c1ccc(C)cc1. The van der Waals surface area contributed by atoms with E-state index in [4.69, 9.17) is 9.47 Å². The van der Waals surface area contributed by atoms with Gasteiger partial charge in [0.15, 0.2) is 6.29 Å². The lowest BCUT2D eigenvalue weighted by Gasteiger charge is -2.11. The third-order valence-corrected chi connectivity index (χ3v) is 2.30. The maximum atomic E-state index is 11.6. The third-order valence-electron chi connectivity index (χ3n) is 2.30. The first-order valence-electron chi connectivity index (χ1n) is 5.69. The quantitative estimate of drug-likeness (QED) is 0.363. The van der Waals surface area contributed by atoms with Crippen molar-refractivity contribution in [1.82, 2.24) is 0 Å². The molecule has 0 aliphatic rings. The van der Waals surface area contributed by atoms with Crippen LogP contribution in [0.4, 0.5) is 0 Å². The molecule has 0 fully saturated rings. The summed E-state index contributed by atoms with van der Waals surface area (Å²) in [4.78, 5) is 11.6. The Balaban J connectivity index is 2.29. The Morgan fingerprint density at radius 1 is 1.33 bits per heavy atom. The Kier molecular flexibility index (Phi) is 5.55. The molecular formula is C14H18O4. The van der Waals surface area contributed by atoms with Gasteiger partial charge in [0.25, 0.3) is 0 Å². The van der Waals surface area contributed by atoms with Crippen molar-refractivity contribution in [2.24, 2.45) is 0 Å². The second-order valence-corrected chi connectivity index (χ2v) is 4.07. The van der Waals surface area contributed by atoms with E-state index in [1.807, 2.05) is 19.1 Å². The number of hydrogen-bond donors (Lipinski definition) is 1. The molecule has 98 valence electrons. The van der Waals surface area contributed by atoms with Gasteiger partial charge in [0.1, 0.15) is 6.61 Å². The van der Waals surface area contributed by atoms with Crippen molar-refractivity contribution < 1.29 is 19.4 Å². The molecule has 18 heavy (non-hydrogen) atoms. The van der Waals surface area contributed by atoms with E-state index in [1.165, 1.54) is 0 Å². The fourth-order valence-electron chi connectivity index (χ4n) is 1.21. The molecule has 1 aromatic rings. The minimum Gasteiger partial charge on any atom is -0.460 e. The Morgan fingerprint density at radius 3 is 2.50 bits per heavy atom. The van der Waals surface area contributed by atoms with Gasteiger partial charge in [-0.25, -0.2) is 4.79 Å². The van der Waals surface area contributed by atoms with Crippen molar-refractivity contribution in [3.05, 3.63) is 47.5 Å². The molecule has 1 aromatic carbocycles. The van der Waals surface area contributed by atoms with Crippen LogP contribution in [-0.2, 0) is 9.47 Å². The van der Waals surface area contributed by atoms with Crippen molar-refractivity contribution >= 4 is 5.97 Å². The Bertz CT molecular complexity index is 408. The number of benzene rings is 1. The summed E-state index contributed by atoms with van der Waals surface area (Å²) in [6.45, 7) is 7.37. The number of carbonyl (C=O) groups excluding carboxylic acids is 1. The van der Waals surface area contributed by atoms with Gasteiger partial charge in [-0.3, -0.25) is 0 Å². The first-order chi connectivity index (χ1) is 8.50. The molecule has 0 radical (unpaired) electrons. The zero-order chi connectivity index (χ0) is 13.5. The molecule has 1 atom stereocenters. The number of aryl methyl sites for hydroxylation is 1. The van der Waals surface area contributed by atoms with E-state index in [1.54, 1.807) is 19.1 Å². The fraction of sp³-hybridized carbons (Fsp3) is 0.357. The molecule has 1 unspecified atom stereocenters. The fourth-order valence-corrected chi connectivity index (χ4v) is 1.21. The predicted octanol–water partition coefficient (Wildman–Crippen LogP) is 2.06. The highest BCUT2D eigenvalue weighted by atomic mass is 16.6. The molecule has 0 aliphatic heterocycles. The number of aliphatic hydroxyl groups excluding tert-OH is 1. The number of rotatable bonds is 6. The largest absolute Gasteiger partial charge is 0.460 e. The smallest absolute Gasteiger partial charge is 0.338 e. The molecule has 0 spiro atoms. The molecule has 0 amide bonds. The van der Waals surface area contributed by atoms with E-state index in [0.717, 1.165) is 5.56 Å². The van der Waals surface area contributed by atoms with Crippen molar-refractivity contribution in [2.75, 3.05) is 13.2 Å². The highest BCUT2D eigenvalue weighted by Crippen LogP contribution is 2.05. The Hall–Kier alpha value is -1.65. The van der Waals surface area contributed by atoms with Crippen LogP contribution in [0.5, 0.6) is 0 Å². The van der Waals surface area contributed by atoms with Gasteiger partial charge in [0.05, 0.1) is 12.2 Å². The van der Waals surface area contributed by atoms with Crippen LogP contribution in [-0.4, -0.2) is 30.6 Å². The van der Waals surface area contributed by atoms with Gasteiger partial charge in [-0.1, -0.05) is 24.3 Å². The summed E-state index contributed by atoms with van der Waals surface area (Å²) >= 11 is 0. The standard InChI is InChI=1S/C14H18O4/c1-10(2)13(15)17-8-9-18-14(16)12-6-4-11(3)5-7-12/h4-7,13,15H,1,8-9H2,2-3H3. The normalized spacial score (nSPS) is 11.9. The van der Waals surface area contributed by atoms with Gasteiger partial charge >= 0.3 is 5.97 Å². The highest BCUT2D eigenvalue weighted by Gasteiger charge is 2.08. The maximum absolute atomic E-state index is 11.6. The van der Waals surface area contributed by atoms with Gasteiger partial charge in [-0.05, 0) is 31.6 Å². The molecule has 4 heteroatoms. The molecule has 0 aliphatic carbocycles. The molecule has 0 heterocycles. The minimum absolute atomic E-state index is 0.0943. The average molecular weight is 250 g/mol. The highest BCUT2D eigenvalue weighted by molar-refractivity contribution is 5.89. The lowest BCUT2D eigenvalue weighted by atomic mass is 10.1. The number of hydrogen-bond acceptors (Lipinski definition) is 4. The molecule has 1 N–H and O–H groups in total. The van der Waals surface area contributed by atoms with Crippen molar-refractivity contribution in [3.8, 4) is 0 Å². The van der Waals surface area contributed by atoms with Crippen LogP contribution in [0.1, 0.15) is 22.8 Å². The van der Waals surface area contributed by atoms with E-state index < -0.39 is 12.3 Å². The van der Waals surface area contributed by atoms with Crippen LogP contribution in [0.15, 0.2) is 36.4 Å². The van der Waals surface area contributed by atoms with Crippen LogP contribution in [0, 0.1) is 6.92 Å². The summed E-state index contributed by atoms with van der Waals surface area (Å²) in [5.41, 5.74) is 2.10. The van der Waals surface area contributed by atoms with E-state index >= 15 is 0 Å². The van der Waals surface area contributed by atoms with Gasteiger partial charge < -0.3 is 14.6 Å². The number of carbonyl (C=O) groups is 1. The van der Waals surface area contributed by atoms with Crippen LogP contribution in [0.25, 0.3) is 0 Å². The average Bonchev–Trinajstić information content (AvgIpc) is 2.34. The van der Waals surface area contributed by atoms with E-state index in [-0.39, 0.29) is 13.2 Å². The summed E-state index contributed by atoms with van der Waals surface area (Å²) in [6.07, 6.45) is -1.01. The Morgan fingerprint density at radius 2 is 1.94 bits per heavy atom. The van der Waals surface area contributed by atoms with Crippen molar-refractivity contribution in [2.45, 2.75) is 20.1 Å². The lowest BCUT2D eigenvalue weighted by Crippen LogP contribution is -2.18. The predicted molar refractivity (Wildman–Crippen MR) is 68.2 cm³/mol. The lowest BCUT2D eigenvalue weighted by molar-refractivity contribution is -0.0828. The van der Waals surface area contributed by atoms with Gasteiger partial charge in [0.2, 0.25) is 0 Å². The summed E-state index contributed by atoms with van der Waals surface area (Å²) in [7, 11) is 0. The topological polar surface area (TPSA) is 55.8 Å². The van der Waals surface area contributed by atoms with Crippen molar-refractivity contribution in [1.29, 1.82) is 0 Å². The van der Waals surface area contributed by atoms with Crippen LogP contribution in [0.2, 0.25) is 0 Å². The van der Waals surface area contributed by atoms with Crippen molar-refractivity contribution in [3.63, 3.8) is 0 Å². The maximum Gasteiger partial charge on any atom is 0.338 e. The molecule has 0 aromatic heterocycles. The van der Waals surface area contributed by atoms with E-state index in [9.17, 15) is 9.90 Å². The molecule has 0 saturated heterocycles. The summed E-state index contributed by atoms with van der Waals surface area (Å²) in [5, 5.41) is 9.28. The molecular weight excluding hydrogens is 232 g/mol. The summed E-state index contributed by atoms with van der Waals surface area (Å²) < 4.78 is 9.98. The van der Waals surface area contributed by atoms with Gasteiger partial charge in [-0.15, -0.1) is 0 Å². The van der Waals surface area contributed by atoms with Crippen LogP contribution in [0.3, 0.4) is 0 Å². The molecule has 0 saturated carbocycles. The zero-order valence-corrected chi connectivity index (χ0v) is 10.7. The number of esters is 1. The van der Waals surface area contributed by atoms with Crippen LogP contribution >= 0.6 is 0 Å². The molecule has 1 rings (SSSR count). The second-order valence-electron chi connectivity index (χ2n) is 4.07. The monoisotopic (exact) mass is 250 g/mol. The van der Waals surface area contributed by atoms with Crippen LogP contribution < -0.4 is 0 Å². The zero-order valence-electron chi connectivity index (χ0n) is 10.7. The third kappa shape index (κ3) is 4.69. The number of ether oxygens (including phenoxy) is 2. The first-order valence-corrected chi connectivity index (χ1v) is 5.69. The molecule has 4 nitrogen and oxygen atoms in total. The van der Waals surface area contributed by atoms with Gasteiger partial charge in [0, 0.05) is 0 Å². The molecule has 0 bridgehead atoms. The Labute approximate surface area is 107 Å².